The van der Waals surface area contributed by atoms with Crippen molar-refractivity contribution in [2.24, 2.45) is 0 Å². The number of alkyl halides is 1. The van der Waals surface area contributed by atoms with Crippen LogP contribution in [-0.4, -0.2) is 42.0 Å². The molecule has 1 aliphatic rings. The average Bonchev–Trinajstić information content (AvgIpc) is 2.37. The summed E-state index contributed by atoms with van der Waals surface area (Å²) in [5.74, 6) is 0.490. The molecule has 2 rings (SSSR count). The lowest BCUT2D eigenvalue weighted by atomic mass is 10.0. The molecule has 0 saturated carbocycles. The van der Waals surface area contributed by atoms with E-state index in [9.17, 15) is 4.79 Å². The molecule has 0 bridgehead atoms. The summed E-state index contributed by atoms with van der Waals surface area (Å²) in [6.07, 6.45) is -0.0349. The van der Waals surface area contributed by atoms with E-state index in [1.807, 2.05) is 43.9 Å². The number of hydrogen-bond acceptors (Lipinski definition) is 2. The molecule has 19 heavy (non-hydrogen) atoms. The molecule has 0 N–H and O–H groups in total. The molecular formula is C15H20ClNO2. The molecule has 1 aromatic rings. The SMILES string of the molecule is Cc1ccc(C(=O)N2CC(C)OC(CCl)C2)c(C)c1. The zero-order valence-corrected chi connectivity index (χ0v) is 12.4. The maximum absolute atomic E-state index is 12.6. The standard InChI is InChI=1S/C15H20ClNO2/c1-10-4-5-14(11(2)6-10)15(18)17-8-12(3)19-13(7-16)9-17/h4-6,12-13H,7-9H2,1-3H3. The summed E-state index contributed by atoms with van der Waals surface area (Å²) >= 11 is 5.85. The molecule has 3 nitrogen and oxygen atoms in total. The summed E-state index contributed by atoms with van der Waals surface area (Å²) in [4.78, 5) is 14.4. The van der Waals surface area contributed by atoms with Crippen LogP contribution in [0.4, 0.5) is 0 Å². The monoisotopic (exact) mass is 281 g/mol. The van der Waals surface area contributed by atoms with Gasteiger partial charge in [0.2, 0.25) is 0 Å². The number of amides is 1. The Morgan fingerprint density at radius 2 is 2.16 bits per heavy atom. The van der Waals surface area contributed by atoms with Crippen LogP contribution in [0.2, 0.25) is 0 Å². The van der Waals surface area contributed by atoms with Crippen molar-refractivity contribution in [3.8, 4) is 0 Å². The van der Waals surface area contributed by atoms with Crippen LogP contribution in [0.5, 0.6) is 0 Å². The first-order chi connectivity index (χ1) is 9.01. The summed E-state index contributed by atoms with van der Waals surface area (Å²) in [5.41, 5.74) is 2.96. The van der Waals surface area contributed by atoms with Gasteiger partial charge in [-0.2, -0.15) is 0 Å². The predicted molar refractivity (Wildman–Crippen MR) is 76.9 cm³/mol. The second kappa shape index (κ2) is 5.93. The maximum atomic E-state index is 12.6. The zero-order chi connectivity index (χ0) is 14.0. The number of ether oxygens (including phenoxy) is 1. The number of nitrogens with zero attached hydrogens (tertiary/aromatic N) is 1. The maximum Gasteiger partial charge on any atom is 0.254 e. The Morgan fingerprint density at radius 1 is 1.42 bits per heavy atom. The molecule has 1 fully saturated rings. The number of halogens is 1. The molecular weight excluding hydrogens is 262 g/mol. The van der Waals surface area contributed by atoms with Gasteiger partial charge in [0.1, 0.15) is 0 Å². The fraction of sp³-hybridized carbons (Fsp3) is 0.533. The summed E-state index contributed by atoms with van der Waals surface area (Å²) in [6, 6.07) is 5.92. The van der Waals surface area contributed by atoms with Gasteiger partial charge in [-0.1, -0.05) is 17.7 Å². The summed E-state index contributed by atoms with van der Waals surface area (Å²) in [6.45, 7) is 7.17. The fourth-order valence-corrected chi connectivity index (χ4v) is 2.69. The van der Waals surface area contributed by atoms with Gasteiger partial charge in [-0.3, -0.25) is 4.79 Å². The van der Waals surface area contributed by atoms with Crippen LogP contribution < -0.4 is 0 Å². The van der Waals surface area contributed by atoms with Crippen LogP contribution in [0.25, 0.3) is 0 Å². The van der Waals surface area contributed by atoms with Crippen LogP contribution in [0.3, 0.4) is 0 Å². The van der Waals surface area contributed by atoms with E-state index in [1.165, 1.54) is 5.56 Å². The molecule has 0 aromatic heterocycles. The first-order valence-electron chi connectivity index (χ1n) is 6.59. The van der Waals surface area contributed by atoms with Gasteiger partial charge in [0.05, 0.1) is 18.1 Å². The van der Waals surface area contributed by atoms with Crippen molar-refractivity contribution >= 4 is 17.5 Å². The summed E-state index contributed by atoms with van der Waals surface area (Å²) < 4.78 is 5.68. The number of hydrogen-bond donors (Lipinski definition) is 0. The minimum Gasteiger partial charge on any atom is -0.370 e. The highest BCUT2D eigenvalue weighted by atomic mass is 35.5. The highest BCUT2D eigenvalue weighted by Crippen LogP contribution is 2.18. The average molecular weight is 282 g/mol. The topological polar surface area (TPSA) is 29.5 Å². The lowest BCUT2D eigenvalue weighted by Crippen LogP contribution is -2.49. The van der Waals surface area contributed by atoms with Gasteiger partial charge in [-0.25, -0.2) is 0 Å². The van der Waals surface area contributed by atoms with Crippen LogP contribution in [0, 0.1) is 13.8 Å². The highest BCUT2D eigenvalue weighted by molar-refractivity contribution is 6.18. The van der Waals surface area contributed by atoms with Crippen molar-refractivity contribution in [1.29, 1.82) is 0 Å². The molecule has 1 heterocycles. The number of benzene rings is 1. The minimum atomic E-state index is -0.0693. The van der Waals surface area contributed by atoms with Gasteiger partial charge >= 0.3 is 0 Å². The summed E-state index contributed by atoms with van der Waals surface area (Å²) in [5, 5.41) is 0. The van der Waals surface area contributed by atoms with Crippen LogP contribution >= 0.6 is 11.6 Å². The Bertz CT molecular complexity index is 475. The van der Waals surface area contributed by atoms with Gasteiger partial charge in [-0.05, 0) is 32.4 Å². The molecule has 2 atom stereocenters. The van der Waals surface area contributed by atoms with Crippen LogP contribution in [-0.2, 0) is 4.74 Å². The molecule has 0 radical (unpaired) electrons. The van der Waals surface area contributed by atoms with Crippen molar-refractivity contribution in [2.75, 3.05) is 19.0 Å². The van der Waals surface area contributed by atoms with Crippen LogP contribution in [0.15, 0.2) is 18.2 Å². The zero-order valence-electron chi connectivity index (χ0n) is 11.6. The first-order valence-corrected chi connectivity index (χ1v) is 7.12. The Kier molecular flexibility index (Phi) is 4.48. The Balaban J connectivity index is 2.18. The minimum absolute atomic E-state index is 0.0344. The van der Waals surface area contributed by atoms with Crippen molar-refractivity contribution in [3.63, 3.8) is 0 Å². The smallest absolute Gasteiger partial charge is 0.254 e. The van der Waals surface area contributed by atoms with E-state index in [4.69, 9.17) is 16.3 Å². The lowest BCUT2D eigenvalue weighted by molar-refractivity contribution is -0.0570. The van der Waals surface area contributed by atoms with Gasteiger partial charge in [0.15, 0.2) is 0 Å². The van der Waals surface area contributed by atoms with Gasteiger partial charge in [0, 0.05) is 18.7 Å². The number of carbonyl (C=O) groups excluding carboxylic acids is 1. The van der Waals surface area contributed by atoms with E-state index in [-0.39, 0.29) is 18.1 Å². The Morgan fingerprint density at radius 3 is 2.79 bits per heavy atom. The van der Waals surface area contributed by atoms with Crippen molar-refractivity contribution in [2.45, 2.75) is 33.0 Å². The Labute approximate surface area is 119 Å². The largest absolute Gasteiger partial charge is 0.370 e. The highest BCUT2D eigenvalue weighted by Gasteiger charge is 2.28. The van der Waals surface area contributed by atoms with Gasteiger partial charge < -0.3 is 9.64 Å². The molecule has 1 amide bonds. The number of aryl methyl sites for hydroxylation is 2. The van der Waals surface area contributed by atoms with E-state index in [2.05, 4.69) is 0 Å². The molecule has 2 unspecified atom stereocenters. The second-order valence-electron chi connectivity index (χ2n) is 5.25. The molecule has 4 heteroatoms. The quantitative estimate of drug-likeness (QED) is 0.780. The normalized spacial score (nSPS) is 23.5. The third-order valence-corrected chi connectivity index (χ3v) is 3.74. The fourth-order valence-electron chi connectivity index (χ4n) is 2.52. The van der Waals surface area contributed by atoms with E-state index < -0.39 is 0 Å². The molecule has 104 valence electrons. The Hall–Kier alpha value is -1.06. The summed E-state index contributed by atoms with van der Waals surface area (Å²) in [7, 11) is 0. The third-order valence-electron chi connectivity index (χ3n) is 3.40. The van der Waals surface area contributed by atoms with Gasteiger partial charge in [0.25, 0.3) is 5.91 Å². The molecule has 0 spiro atoms. The number of morpholine rings is 1. The van der Waals surface area contributed by atoms with E-state index in [0.717, 1.165) is 11.1 Å². The predicted octanol–water partition coefficient (Wildman–Crippen LogP) is 2.77. The molecule has 1 saturated heterocycles. The van der Waals surface area contributed by atoms with Crippen LogP contribution in [0.1, 0.15) is 28.4 Å². The van der Waals surface area contributed by atoms with E-state index in [0.29, 0.717) is 19.0 Å². The van der Waals surface area contributed by atoms with E-state index >= 15 is 0 Å². The van der Waals surface area contributed by atoms with E-state index in [1.54, 1.807) is 0 Å². The van der Waals surface area contributed by atoms with Crippen molar-refractivity contribution in [3.05, 3.63) is 34.9 Å². The lowest BCUT2D eigenvalue weighted by Gasteiger charge is -2.36. The van der Waals surface area contributed by atoms with Crippen molar-refractivity contribution in [1.82, 2.24) is 4.90 Å². The number of carbonyl (C=O) groups is 1. The third kappa shape index (κ3) is 3.28. The van der Waals surface area contributed by atoms with Gasteiger partial charge in [-0.15, -0.1) is 11.6 Å². The van der Waals surface area contributed by atoms with Crippen molar-refractivity contribution < 1.29 is 9.53 Å². The molecule has 0 aliphatic carbocycles. The molecule has 1 aliphatic heterocycles. The number of rotatable bonds is 2. The molecule has 1 aromatic carbocycles. The second-order valence-corrected chi connectivity index (χ2v) is 5.56. The first kappa shape index (κ1) is 14.4.